The predicted octanol–water partition coefficient (Wildman–Crippen LogP) is 0.203. The lowest BCUT2D eigenvalue weighted by Gasteiger charge is -2.25. The van der Waals surface area contributed by atoms with Gasteiger partial charge in [0.1, 0.15) is 5.75 Å². The lowest BCUT2D eigenvalue weighted by molar-refractivity contribution is -0.150. The fourth-order valence-corrected chi connectivity index (χ4v) is 2.15. The molecule has 2 rings (SSSR count). The normalized spacial score (nSPS) is 18.4. The van der Waals surface area contributed by atoms with Crippen molar-refractivity contribution in [3.8, 4) is 5.75 Å². The summed E-state index contributed by atoms with van der Waals surface area (Å²) in [7, 11) is 1.18. The minimum Gasteiger partial charge on any atom is -0.493 e. The van der Waals surface area contributed by atoms with E-state index in [1.165, 1.54) is 7.11 Å². The average molecular weight is 279 g/mol. The lowest BCUT2D eigenvalue weighted by atomic mass is 9.92. The second-order valence-electron chi connectivity index (χ2n) is 4.51. The predicted molar refractivity (Wildman–Crippen MR) is 70.3 cm³/mol. The largest absolute Gasteiger partial charge is 0.493 e. The summed E-state index contributed by atoms with van der Waals surface area (Å²) >= 11 is 0. The maximum Gasteiger partial charge on any atom is 0.336 e. The summed E-state index contributed by atoms with van der Waals surface area (Å²) in [4.78, 5) is 23.2. The van der Waals surface area contributed by atoms with Crippen molar-refractivity contribution in [1.82, 2.24) is 5.32 Å². The summed E-state index contributed by atoms with van der Waals surface area (Å²) in [6.07, 6.45) is -0.781. The number of fused-ring (bicyclic) bond motifs is 1. The van der Waals surface area contributed by atoms with Gasteiger partial charge in [-0.15, -0.1) is 0 Å². The van der Waals surface area contributed by atoms with Crippen molar-refractivity contribution < 1.29 is 24.2 Å². The first-order chi connectivity index (χ1) is 9.63. The Morgan fingerprint density at radius 2 is 2.25 bits per heavy atom. The first-order valence-corrected chi connectivity index (χ1v) is 6.39. The van der Waals surface area contributed by atoms with E-state index in [9.17, 15) is 14.7 Å². The van der Waals surface area contributed by atoms with E-state index in [1.807, 2.05) is 24.3 Å². The Bertz CT molecular complexity index is 502. The third-order valence-corrected chi connectivity index (χ3v) is 3.22. The number of rotatable bonds is 4. The lowest BCUT2D eigenvalue weighted by Crippen LogP contribution is -2.40. The number of hydrogen-bond acceptors (Lipinski definition) is 5. The maximum absolute atomic E-state index is 12.1. The number of benzene rings is 1. The van der Waals surface area contributed by atoms with Gasteiger partial charge in [0.15, 0.2) is 6.10 Å². The van der Waals surface area contributed by atoms with Gasteiger partial charge in [-0.3, -0.25) is 4.79 Å². The van der Waals surface area contributed by atoms with Crippen LogP contribution in [0, 0.1) is 0 Å². The van der Waals surface area contributed by atoms with Gasteiger partial charge < -0.3 is 19.9 Å². The average Bonchev–Trinajstić information content (AvgIpc) is 2.50. The Morgan fingerprint density at radius 3 is 3.00 bits per heavy atom. The van der Waals surface area contributed by atoms with Crippen molar-refractivity contribution >= 4 is 11.9 Å². The second-order valence-corrected chi connectivity index (χ2v) is 4.51. The quantitative estimate of drug-likeness (QED) is 0.769. The van der Waals surface area contributed by atoms with E-state index in [0.29, 0.717) is 18.8 Å². The van der Waals surface area contributed by atoms with Gasteiger partial charge in [-0.25, -0.2) is 4.79 Å². The highest BCUT2D eigenvalue weighted by Gasteiger charge is 2.28. The topological polar surface area (TPSA) is 84.9 Å². The van der Waals surface area contributed by atoms with Crippen molar-refractivity contribution in [1.29, 1.82) is 0 Å². The van der Waals surface area contributed by atoms with Gasteiger partial charge in [0.25, 0.3) is 0 Å². The van der Waals surface area contributed by atoms with Crippen LogP contribution in [0.3, 0.4) is 0 Å². The van der Waals surface area contributed by atoms with Gasteiger partial charge >= 0.3 is 5.97 Å². The molecule has 0 spiro atoms. The highest BCUT2D eigenvalue weighted by molar-refractivity contribution is 5.85. The van der Waals surface area contributed by atoms with Crippen LogP contribution in [0.2, 0.25) is 0 Å². The molecule has 1 heterocycles. The van der Waals surface area contributed by atoms with Crippen LogP contribution < -0.4 is 10.1 Å². The van der Waals surface area contributed by atoms with E-state index in [0.717, 1.165) is 5.56 Å². The maximum atomic E-state index is 12.1. The summed E-state index contributed by atoms with van der Waals surface area (Å²) in [6.45, 7) is 0.305. The second kappa shape index (κ2) is 6.38. The molecule has 0 aliphatic carbocycles. The van der Waals surface area contributed by atoms with Crippen LogP contribution in [0.5, 0.6) is 5.75 Å². The molecule has 6 heteroatoms. The molecular formula is C14H17NO5. The fraction of sp³-hybridized carbons (Fsp3) is 0.429. The molecule has 0 fully saturated rings. The van der Waals surface area contributed by atoms with Crippen molar-refractivity contribution in [2.24, 2.45) is 0 Å². The summed E-state index contributed by atoms with van der Waals surface area (Å²) in [5.41, 5.74) is 0.823. The van der Waals surface area contributed by atoms with E-state index in [-0.39, 0.29) is 18.4 Å². The monoisotopic (exact) mass is 279 g/mol. The van der Waals surface area contributed by atoms with Crippen LogP contribution in [0.25, 0.3) is 0 Å². The molecular weight excluding hydrogens is 262 g/mol. The van der Waals surface area contributed by atoms with Gasteiger partial charge in [0.2, 0.25) is 5.91 Å². The summed E-state index contributed by atoms with van der Waals surface area (Å²) in [5.74, 6) is -0.626. The standard InChI is InChI=1S/C14H17NO5/c1-19-14(18)11(16)8-15-13(17)10-6-7-20-12-5-3-2-4-9(10)12/h2-5,10-11,16H,6-8H2,1H3,(H,15,17). The zero-order chi connectivity index (χ0) is 14.5. The molecule has 1 aromatic rings. The number of aliphatic hydroxyl groups excluding tert-OH is 1. The molecule has 2 atom stereocenters. The van der Waals surface area contributed by atoms with Gasteiger partial charge in [-0.2, -0.15) is 0 Å². The highest BCUT2D eigenvalue weighted by atomic mass is 16.5. The number of esters is 1. The van der Waals surface area contributed by atoms with Gasteiger partial charge in [-0.05, 0) is 12.5 Å². The molecule has 0 saturated heterocycles. The smallest absolute Gasteiger partial charge is 0.336 e. The number of para-hydroxylation sites is 1. The summed E-state index contributed by atoms with van der Waals surface area (Å²) in [6, 6.07) is 7.35. The molecule has 0 radical (unpaired) electrons. The van der Waals surface area contributed by atoms with Crippen molar-refractivity contribution in [2.75, 3.05) is 20.3 Å². The summed E-state index contributed by atoms with van der Waals surface area (Å²) in [5, 5.41) is 12.0. The zero-order valence-corrected chi connectivity index (χ0v) is 11.2. The minimum atomic E-state index is -1.35. The van der Waals surface area contributed by atoms with Crippen LogP contribution in [0.4, 0.5) is 0 Å². The third-order valence-electron chi connectivity index (χ3n) is 3.22. The van der Waals surface area contributed by atoms with Crippen LogP contribution in [0.1, 0.15) is 17.9 Å². The minimum absolute atomic E-state index is 0.162. The molecule has 0 bridgehead atoms. The van der Waals surface area contributed by atoms with E-state index >= 15 is 0 Å². The Hall–Kier alpha value is -2.08. The van der Waals surface area contributed by atoms with E-state index in [2.05, 4.69) is 10.1 Å². The van der Waals surface area contributed by atoms with Crippen molar-refractivity contribution in [3.63, 3.8) is 0 Å². The highest BCUT2D eigenvalue weighted by Crippen LogP contribution is 2.33. The molecule has 1 aromatic carbocycles. The zero-order valence-electron chi connectivity index (χ0n) is 11.2. The Morgan fingerprint density at radius 1 is 1.50 bits per heavy atom. The van der Waals surface area contributed by atoms with E-state index < -0.39 is 12.1 Å². The molecule has 6 nitrogen and oxygen atoms in total. The number of carbonyl (C=O) groups is 2. The molecule has 1 amide bonds. The van der Waals surface area contributed by atoms with Crippen LogP contribution in [-0.4, -0.2) is 43.3 Å². The Balaban J connectivity index is 1.99. The van der Waals surface area contributed by atoms with Gasteiger partial charge in [0.05, 0.1) is 26.2 Å². The first-order valence-electron chi connectivity index (χ1n) is 6.39. The molecule has 0 aromatic heterocycles. The summed E-state index contributed by atoms with van der Waals surface area (Å²) < 4.78 is 9.87. The van der Waals surface area contributed by atoms with Gasteiger partial charge in [-0.1, -0.05) is 18.2 Å². The van der Waals surface area contributed by atoms with Crippen LogP contribution in [0.15, 0.2) is 24.3 Å². The van der Waals surface area contributed by atoms with Gasteiger partial charge in [0, 0.05) is 5.56 Å². The van der Waals surface area contributed by atoms with E-state index in [1.54, 1.807) is 0 Å². The molecule has 2 N–H and O–H groups in total. The van der Waals surface area contributed by atoms with E-state index in [4.69, 9.17) is 4.74 Å². The van der Waals surface area contributed by atoms with Crippen molar-refractivity contribution in [3.05, 3.63) is 29.8 Å². The molecule has 0 saturated carbocycles. The fourth-order valence-electron chi connectivity index (χ4n) is 2.15. The van der Waals surface area contributed by atoms with Crippen LogP contribution >= 0.6 is 0 Å². The number of ether oxygens (including phenoxy) is 2. The molecule has 1 aliphatic heterocycles. The molecule has 20 heavy (non-hydrogen) atoms. The number of amides is 1. The van der Waals surface area contributed by atoms with Crippen molar-refractivity contribution in [2.45, 2.75) is 18.4 Å². The number of nitrogens with one attached hydrogen (secondary N) is 1. The molecule has 2 unspecified atom stereocenters. The number of carbonyl (C=O) groups excluding carboxylic acids is 2. The molecule has 1 aliphatic rings. The molecule has 108 valence electrons. The Labute approximate surface area is 116 Å². The SMILES string of the molecule is COC(=O)C(O)CNC(=O)C1CCOc2ccccc21. The Kier molecular flexibility index (Phi) is 4.57. The number of aliphatic hydroxyl groups is 1. The van der Waals surface area contributed by atoms with Crippen LogP contribution in [-0.2, 0) is 14.3 Å². The number of methoxy groups -OCH3 is 1. The third kappa shape index (κ3) is 3.08. The first kappa shape index (κ1) is 14.3. The number of hydrogen-bond donors (Lipinski definition) is 2.